The van der Waals surface area contributed by atoms with Crippen molar-refractivity contribution < 1.29 is 0 Å². The molecule has 3 aliphatic heterocycles. The Morgan fingerprint density at radius 3 is 3.58 bits per heavy atom. The lowest BCUT2D eigenvalue weighted by Gasteiger charge is -2.29. The van der Waals surface area contributed by atoms with E-state index < -0.39 is 0 Å². The second-order valence-electron chi connectivity index (χ2n) is 2.75. The van der Waals surface area contributed by atoms with E-state index in [9.17, 15) is 0 Å². The number of amidine groups is 1. The van der Waals surface area contributed by atoms with E-state index >= 15 is 0 Å². The monoisotopic (exact) mass is 183 g/mol. The van der Waals surface area contributed by atoms with Gasteiger partial charge in [-0.2, -0.15) is 0 Å². The standard InChI is InChI=1S/C6H9N5S/c1-2-11-6(8-4-12-11)5-7-3-9-10(1)5/h1-2,5,7,9H,3-4H2. The molecule has 2 N–H and O–H groups in total. The van der Waals surface area contributed by atoms with Crippen molar-refractivity contribution in [3.63, 3.8) is 0 Å². The highest BCUT2D eigenvalue weighted by Gasteiger charge is 2.34. The molecule has 3 aliphatic rings. The van der Waals surface area contributed by atoms with E-state index in [1.807, 2.05) is 17.4 Å². The maximum Gasteiger partial charge on any atom is 0.155 e. The van der Waals surface area contributed by atoms with Crippen molar-refractivity contribution in [3.05, 3.63) is 12.4 Å². The highest BCUT2D eigenvalue weighted by atomic mass is 32.2. The van der Waals surface area contributed by atoms with Gasteiger partial charge in [0.25, 0.3) is 0 Å². The van der Waals surface area contributed by atoms with Crippen molar-refractivity contribution in [1.82, 2.24) is 20.1 Å². The zero-order valence-electron chi connectivity index (χ0n) is 6.40. The number of nitrogens with one attached hydrogen (secondary N) is 2. The molecule has 0 aromatic heterocycles. The van der Waals surface area contributed by atoms with E-state index in [-0.39, 0.29) is 6.17 Å². The molecule has 12 heavy (non-hydrogen) atoms. The molecule has 1 unspecified atom stereocenters. The molecule has 0 spiro atoms. The Balaban J connectivity index is 1.98. The largest absolute Gasteiger partial charge is 0.288 e. The Kier molecular flexibility index (Phi) is 1.34. The number of fused-ring (bicyclic) bond motifs is 3. The zero-order chi connectivity index (χ0) is 7.97. The summed E-state index contributed by atoms with van der Waals surface area (Å²) in [7, 11) is 0. The Labute approximate surface area is 74.6 Å². The summed E-state index contributed by atoms with van der Waals surface area (Å²) in [6.07, 6.45) is 4.29. The van der Waals surface area contributed by atoms with Gasteiger partial charge in [-0.05, 0) is 11.9 Å². The number of aliphatic imine (C=N–C) groups is 1. The van der Waals surface area contributed by atoms with Gasteiger partial charge in [-0.15, -0.1) is 0 Å². The molecule has 0 aromatic carbocycles. The zero-order valence-corrected chi connectivity index (χ0v) is 7.21. The minimum Gasteiger partial charge on any atom is -0.288 e. The van der Waals surface area contributed by atoms with Gasteiger partial charge in [-0.3, -0.25) is 19.6 Å². The number of hydrogen-bond acceptors (Lipinski definition) is 6. The molecule has 6 heteroatoms. The molecule has 0 bridgehead atoms. The van der Waals surface area contributed by atoms with E-state index in [0.29, 0.717) is 0 Å². The van der Waals surface area contributed by atoms with Gasteiger partial charge in [0.15, 0.2) is 12.0 Å². The van der Waals surface area contributed by atoms with Crippen LogP contribution in [0.25, 0.3) is 0 Å². The number of nitrogens with zero attached hydrogens (tertiary/aromatic N) is 3. The van der Waals surface area contributed by atoms with Crippen LogP contribution in [0.5, 0.6) is 0 Å². The van der Waals surface area contributed by atoms with Crippen LogP contribution in [-0.2, 0) is 0 Å². The summed E-state index contributed by atoms with van der Waals surface area (Å²) in [6.45, 7) is 0.812. The quantitative estimate of drug-likeness (QED) is 0.495. The van der Waals surface area contributed by atoms with Crippen molar-refractivity contribution in [2.24, 2.45) is 4.99 Å². The predicted molar refractivity (Wildman–Crippen MR) is 47.6 cm³/mol. The van der Waals surface area contributed by atoms with Crippen LogP contribution < -0.4 is 10.7 Å². The van der Waals surface area contributed by atoms with E-state index in [1.165, 1.54) is 0 Å². The minimum absolute atomic E-state index is 0.227. The normalized spacial score (nSPS) is 32.0. The summed E-state index contributed by atoms with van der Waals surface area (Å²) in [6, 6.07) is 0. The third-order valence-corrected chi connectivity index (χ3v) is 2.92. The first kappa shape index (κ1) is 6.76. The predicted octanol–water partition coefficient (Wildman–Crippen LogP) is -0.516. The van der Waals surface area contributed by atoms with Gasteiger partial charge in [0.05, 0.1) is 6.67 Å². The van der Waals surface area contributed by atoms with Crippen LogP contribution in [-0.4, -0.2) is 33.9 Å². The summed E-state index contributed by atoms with van der Waals surface area (Å²) in [5.41, 5.74) is 3.19. The molecular formula is C6H9N5S. The lowest BCUT2D eigenvalue weighted by molar-refractivity contribution is 0.299. The van der Waals surface area contributed by atoms with Gasteiger partial charge in [-0.1, -0.05) is 0 Å². The topological polar surface area (TPSA) is 42.9 Å². The second-order valence-corrected chi connectivity index (χ2v) is 3.66. The molecule has 1 saturated heterocycles. The molecule has 0 amide bonds. The SMILES string of the molecule is C1=CN2NCNC2C2=NCSN12. The van der Waals surface area contributed by atoms with Crippen molar-refractivity contribution in [1.29, 1.82) is 0 Å². The molecule has 3 rings (SSSR count). The highest BCUT2D eigenvalue weighted by molar-refractivity contribution is 7.97. The average molecular weight is 183 g/mol. The average Bonchev–Trinajstić information content (AvgIpc) is 2.71. The second kappa shape index (κ2) is 2.38. The van der Waals surface area contributed by atoms with E-state index in [4.69, 9.17) is 0 Å². The first-order valence-corrected chi connectivity index (χ1v) is 4.79. The lowest BCUT2D eigenvalue weighted by Crippen LogP contribution is -2.48. The molecule has 0 aromatic rings. The number of hydrogen-bond donors (Lipinski definition) is 2. The smallest absolute Gasteiger partial charge is 0.155 e. The highest BCUT2D eigenvalue weighted by Crippen LogP contribution is 2.25. The van der Waals surface area contributed by atoms with Crippen LogP contribution in [0.3, 0.4) is 0 Å². The van der Waals surface area contributed by atoms with Gasteiger partial charge in [0.2, 0.25) is 0 Å². The van der Waals surface area contributed by atoms with Crippen LogP contribution in [0.4, 0.5) is 0 Å². The summed E-state index contributed by atoms with van der Waals surface area (Å²) in [5.74, 6) is 1.94. The molecule has 0 radical (unpaired) electrons. The Morgan fingerprint density at radius 2 is 2.58 bits per heavy atom. The van der Waals surface area contributed by atoms with Crippen molar-refractivity contribution >= 4 is 17.8 Å². The number of rotatable bonds is 0. The van der Waals surface area contributed by atoms with E-state index in [1.54, 1.807) is 11.9 Å². The van der Waals surface area contributed by atoms with Crippen LogP contribution >= 0.6 is 11.9 Å². The molecule has 1 fully saturated rings. The van der Waals surface area contributed by atoms with Gasteiger partial charge < -0.3 is 0 Å². The van der Waals surface area contributed by atoms with Crippen LogP contribution in [0.15, 0.2) is 17.4 Å². The molecule has 0 saturated carbocycles. The maximum absolute atomic E-state index is 4.41. The van der Waals surface area contributed by atoms with Crippen LogP contribution in [0.2, 0.25) is 0 Å². The molecule has 64 valence electrons. The van der Waals surface area contributed by atoms with Crippen molar-refractivity contribution in [3.8, 4) is 0 Å². The van der Waals surface area contributed by atoms with Gasteiger partial charge in [0, 0.05) is 12.4 Å². The first-order chi connectivity index (χ1) is 5.95. The maximum atomic E-state index is 4.41. The lowest BCUT2D eigenvalue weighted by atomic mass is 10.4. The fourth-order valence-corrected chi connectivity index (χ4v) is 2.27. The van der Waals surface area contributed by atoms with Crippen LogP contribution in [0, 0.1) is 0 Å². The first-order valence-electron chi connectivity index (χ1n) is 3.85. The summed E-state index contributed by atoms with van der Waals surface area (Å²) in [4.78, 5) is 4.41. The third kappa shape index (κ3) is 0.796. The Hall–Kier alpha value is -0.720. The molecular weight excluding hydrogens is 174 g/mol. The Bertz CT molecular complexity index is 263. The van der Waals surface area contributed by atoms with Crippen molar-refractivity contribution in [2.45, 2.75) is 6.17 Å². The van der Waals surface area contributed by atoms with Gasteiger partial charge in [-0.25, -0.2) is 5.43 Å². The summed E-state index contributed by atoms with van der Waals surface area (Å²) in [5, 5.41) is 5.35. The molecule has 3 heterocycles. The fraction of sp³-hybridized carbons (Fsp3) is 0.500. The third-order valence-electron chi connectivity index (χ3n) is 2.09. The van der Waals surface area contributed by atoms with Crippen molar-refractivity contribution in [2.75, 3.05) is 12.5 Å². The minimum atomic E-state index is 0.227. The molecule has 0 aliphatic carbocycles. The Morgan fingerprint density at radius 1 is 1.58 bits per heavy atom. The summed E-state index contributed by atoms with van der Waals surface area (Å²) >= 11 is 1.72. The fourth-order valence-electron chi connectivity index (χ4n) is 1.53. The summed E-state index contributed by atoms with van der Waals surface area (Å²) < 4.78 is 2.11. The van der Waals surface area contributed by atoms with E-state index in [2.05, 4.69) is 20.0 Å². The van der Waals surface area contributed by atoms with Gasteiger partial charge in [0.1, 0.15) is 5.88 Å². The number of hydrazine groups is 1. The molecule has 1 atom stereocenters. The van der Waals surface area contributed by atoms with Crippen LogP contribution in [0.1, 0.15) is 0 Å². The molecule has 5 nitrogen and oxygen atoms in total. The van der Waals surface area contributed by atoms with Gasteiger partial charge >= 0.3 is 0 Å². The van der Waals surface area contributed by atoms with E-state index in [0.717, 1.165) is 18.4 Å².